The summed E-state index contributed by atoms with van der Waals surface area (Å²) in [6, 6.07) is 13.4. The largest absolute Gasteiger partial charge is 0.376 e. The molecule has 1 aliphatic heterocycles. The minimum Gasteiger partial charge on any atom is -0.376 e. The number of ether oxygens (including phenoxy) is 1. The van der Waals surface area contributed by atoms with Crippen molar-refractivity contribution in [2.75, 3.05) is 19.7 Å². The first-order valence-electron chi connectivity index (χ1n) is 8.46. The maximum Gasteiger partial charge on any atom is 0.244 e. The van der Waals surface area contributed by atoms with E-state index in [1.807, 2.05) is 6.92 Å². The number of aryl methyl sites for hydroxylation is 1. The van der Waals surface area contributed by atoms with Gasteiger partial charge in [-0.1, -0.05) is 53.3 Å². The van der Waals surface area contributed by atoms with Gasteiger partial charge in [-0.25, -0.2) is 8.42 Å². The number of nitrogens with zero attached hydrogens (tertiary/aromatic N) is 1. The fraction of sp³-hybridized carbons (Fsp3) is 0.300. The van der Waals surface area contributed by atoms with E-state index >= 15 is 0 Å². The lowest BCUT2D eigenvalue weighted by Crippen LogP contribution is -2.34. The predicted octanol–water partition coefficient (Wildman–Crippen LogP) is 2.77. The van der Waals surface area contributed by atoms with Crippen LogP contribution in [0.15, 0.2) is 53.4 Å². The van der Waals surface area contributed by atoms with E-state index in [2.05, 4.69) is 11.8 Å². The normalized spacial score (nSPS) is 17.3. The summed E-state index contributed by atoms with van der Waals surface area (Å²) in [6.07, 6.45) is -1.11. The van der Waals surface area contributed by atoms with Gasteiger partial charge in [-0.15, -0.1) is 0 Å². The molecule has 3 rings (SSSR count). The molecular weight excluding hydrogens is 386 g/mol. The fourth-order valence-electron chi connectivity index (χ4n) is 2.47. The van der Waals surface area contributed by atoms with Gasteiger partial charge in [0.15, 0.2) is 0 Å². The van der Waals surface area contributed by atoms with E-state index in [0.29, 0.717) is 17.2 Å². The molecule has 0 spiro atoms. The molecule has 0 aromatic heterocycles. The summed E-state index contributed by atoms with van der Waals surface area (Å²) >= 11 is 5.83. The highest BCUT2D eigenvalue weighted by atomic mass is 35.5. The maximum atomic E-state index is 12.9. The van der Waals surface area contributed by atoms with Gasteiger partial charge < -0.3 is 9.84 Å². The van der Waals surface area contributed by atoms with Gasteiger partial charge in [0.05, 0.1) is 24.2 Å². The number of hydrogen-bond donors (Lipinski definition) is 1. The molecule has 2 unspecified atom stereocenters. The van der Waals surface area contributed by atoms with E-state index in [1.165, 1.54) is 4.31 Å². The second-order valence-corrected chi connectivity index (χ2v) is 8.72. The topological polar surface area (TPSA) is 70.1 Å². The average Bonchev–Trinajstić information content (AvgIpc) is 3.46. The highest BCUT2D eigenvalue weighted by molar-refractivity contribution is 7.89. The lowest BCUT2D eigenvalue weighted by Gasteiger charge is -2.19. The maximum absolute atomic E-state index is 12.9. The number of halogens is 1. The van der Waals surface area contributed by atoms with Gasteiger partial charge in [0.25, 0.3) is 0 Å². The zero-order chi connectivity index (χ0) is 19.4. The Bertz CT molecular complexity index is 942. The van der Waals surface area contributed by atoms with Crippen molar-refractivity contribution in [3.05, 3.63) is 64.7 Å². The zero-order valence-corrected chi connectivity index (χ0v) is 16.4. The van der Waals surface area contributed by atoms with Crippen molar-refractivity contribution in [2.45, 2.75) is 24.0 Å². The lowest BCUT2D eigenvalue weighted by molar-refractivity contribution is 0.238. The van der Waals surface area contributed by atoms with Crippen LogP contribution in [0.1, 0.15) is 17.2 Å². The Labute approximate surface area is 164 Å². The van der Waals surface area contributed by atoms with E-state index in [0.717, 1.165) is 5.56 Å². The van der Waals surface area contributed by atoms with E-state index in [1.54, 1.807) is 48.5 Å². The molecule has 2 aromatic carbocycles. The summed E-state index contributed by atoms with van der Waals surface area (Å²) in [5, 5.41) is 10.7. The van der Waals surface area contributed by atoms with E-state index < -0.39 is 16.1 Å². The van der Waals surface area contributed by atoms with E-state index in [-0.39, 0.29) is 24.1 Å². The van der Waals surface area contributed by atoms with Crippen LogP contribution in [0.2, 0.25) is 5.02 Å². The Hall–Kier alpha value is -1.88. The van der Waals surface area contributed by atoms with Crippen molar-refractivity contribution in [3.8, 4) is 11.8 Å². The molecule has 0 saturated carbocycles. The SMILES string of the molecule is Cc1ccc(S(=O)(=O)N(CC#CC(O)c2ccc(Cl)cc2)CC2CO2)cc1. The van der Waals surface area contributed by atoms with Crippen molar-refractivity contribution in [2.24, 2.45) is 0 Å². The van der Waals surface area contributed by atoms with Crippen LogP contribution in [0.3, 0.4) is 0 Å². The first kappa shape index (κ1) is 19.9. The van der Waals surface area contributed by atoms with Gasteiger partial charge in [-0.3, -0.25) is 0 Å². The second-order valence-electron chi connectivity index (χ2n) is 6.34. The minimum absolute atomic E-state index is 0.0271. The number of hydrogen-bond acceptors (Lipinski definition) is 4. The molecule has 0 amide bonds. The first-order valence-corrected chi connectivity index (χ1v) is 10.3. The number of epoxide rings is 1. The highest BCUT2D eigenvalue weighted by Crippen LogP contribution is 2.20. The molecule has 1 saturated heterocycles. The van der Waals surface area contributed by atoms with Crippen LogP contribution in [0.5, 0.6) is 0 Å². The summed E-state index contributed by atoms with van der Waals surface area (Å²) in [6.45, 7) is 2.65. The summed E-state index contributed by atoms with van der Waals surface area (Å²) < 4.78 is 32.3. The molecule has 2 atom stereocenters. The molecule has 142 valence electrons. The molecule has 1 N–H and O–H groups in total. The van der Waals surface area contributed by atoms with Gasteiger partial charge >= 0.3 is 0 Å². The van der Waals surface area contributed by atoms with Crippen LogP contribution in [-0.4, -0.2) is 43.6 Å². The number of rotatable bonds is 6. The third-order valence-electron chi connectivity index (χ3n) is 4.15. The molecule has 1 heterocycles. The zero-order valence-electron chi connectivity index (χ0n) is 14.8. The molecular formula is C20H20ClNO4S. The first-order chi connectivity index (χ1) is 12.9. The second kappa shape index (κ2) is 8.42. The van der Waals surface area contributed by atoms with Crippen LogP contribution in [0.25, 0.3) is 0 Å². The average molecular weight is 406 g/mol. The van der Waals surface area contributed by atoms with Gasteiger partial charge in [0.1, 0.15) is 6.10 Å². The van der Waals surface area contributed by atoms with Gasteiger partial charge in [-0.05, 0) is 36.8 Å². The number of benzene rings is 2. The molecule has 1 aliphatic rings. The third kappa shape index (κ3) is 5.32. The van der Waals surface area contributed by atoms with Crippen molar-refractivity contribution in [1.82, 2.24) is 4.31 Å². The smallest absolute Gasteiger partial charge is 0.244 e. The minimum atomic E-state index is -3.69. The fourth-order valence-corrected chi connectivity index (χ4v) is 3.97. The Balaban J connectivity index is 1.75. The van der Waals surface area contributed by atoms with E-state index in [4.69, 9.17) is 16.3 Å². The van der Waals surface area contributed by atoms with Crippen LogP contribution in [0.4, 0.5) is 0 Å². The number of sulfonamides is 1. The summed E-state index contributed by atoms with van der Waals surface area (Å²) in [4.78, 5) is 0.216. The predicted molar refractivity (Wildman–Crippen MR) is 104 cm³/mol. The van der Waals surface area contributed by atoms with Gasteiger partial charge in [0, 0.05) is 11.6 Å². The molecule has 7 heteroatoms. The summed E-state index contributed by atoms with van der Waals surface area (Å²) in [5.74, 6) is 5.47. The molecule has 5 nitrogen and oxygen atoms in total. The monoisotopic (exact) mass is 405 g/mol. The van der Waals surface area contributed by atoms with Crippen molar-refractivity contribution < 1.29 is 18.3 Å². The quantitative estimate of drug-likeness (QED) is 0.592. The molecule has 27 heavy (non-hydrogen) atoms. The van der Waals surface area contributed by atoms with Crippen LogP contribution >= 0.6 is 11.6 Å². The van der Waals surface area contributed by atoms with Gasteiger partial charge in [-0.2, -0.15) is 4.31 Å². The van der Waals surface area contributed by atoms with Crippen LogP contribution < -0.4 is 0 Å². The third-order valence-corrected chi connectivity index (χ3v) is 6.23. The van der Waals surface area contributed by atoms with Crippen LogP contribution in [-0.2, 0) is 14.8 Å². The molecule has 0 aliphatic carbocycles. The van der Waals surface area contributed by atoms with Crippen LogP contribution in [0, 0.1) is 18.8 Å². The molecule has 1 fully saturated rings. The lowest BCUT2D eigenvalue weighted by atomic mass is 10.1. The molecule has 0 bridgehead atoms. The van der Waals surface area contributed by atoms with E-state index in [9.17, 15) is 13.5 Å². The van der Waals surface area contributed by atoms with Crippen molar-refractivity contribution in [3.63, 3.8) is 0 Å². The molecule has 0 radical (unpaired) electrons. The van der Waals surface area contributed by atoms with Crippen molar-refractivity contribution in [1.29, 1.82) is 0 Å². The Morgan fingerprint density at radius 1 is 1.22 bits per heavy atom. The Morgan fingerprint density at radius 2 is 1.85 bits per heavy atom. The standard InChI is InChI=1S/C20H20ClNO4S/c1-15-4-10-19(11-5-15)27(24,25)22(13-18-14-26-18)12-2-3-20(23)16-6-8-17(21)9-7-16/h4-11,18,20,23H,12-14H2,1H3. The number of aliphatic hydroxyl groups is 1. The summed E-state index contributed by atoms with van der Waals surface area (Å²) in [5.41, 5.74) is 1.59. The number of aliphatic hydroxyl groups excluding tert-OH is 1. The highest BCUT2D eigenvalue weighted by Gasteiger charge is 2.32. The molecule has 2 aromatic rings. The summed E-state index contributed by atoms with van der Waals surface area (Å²) in [7, 11) is -3.69. The Morgan fingerprint density at radius 3 is 2.44 bits per heavy atom. The Kier molecular flexibility index (Phi) is 6.20. The van der Waals surface area contributed by atoms with Crippen molar-refractivity contribution >= 4 is 21.6 Å². The van der Waals surface area contributed by atoms with Gasteiger partial charge in [0.2, 0.25) is 10.0 Å².